The predicted molar refractivity (Wildman–Crippen MR) is 47.8 cm³/mol. The zero-order chi connectivity index (χ0) is 8.60. The highest BCUT2D eigenvalue weighted by Gasteiger charge is 2.41. The van der Waals surface area contributed by atoms with Gasteiger partial charge < -0.3 is 5.73 Å². The van der Waals surface area contributed by atoms with Crippen LogP contribution in [0.4, 0.5) is 0 Å². The molecule has 3 heteroatoms. The molecule has 0 saturated heterocycles. The van der Waals surface area contributed by atoms with E-state index in [1.54, 1.807) is 0 Å². The molecule has 1 heterocycles. The number of aromatic nitrogens is 2. The monoisotopic (exact) mass is 165 g/mol. The van der Waals surface area contributed by atoms with E-state index >= 15 is 0 Å². The molecule has 0 bridgehead atoms. The van der Waals surface area contributed by atoms with Crippen LogP contribution in [0.3, 0.4) is 0 Å². The van der Waals surface area contributed by atoms with Crippen molar-refractivity contribution in [3.63, 3.8) is 0 Å². The standard InChI is InChI=1S/C9H15N3/c1-7-4-8(12-11-7)5-9(6-10)2-3-9/h4H,2-3,5-6,10H2,1H3,(H,11,12). The van der Waals surface area contributed by atoms with Crippen molar-refractivity contribution in [1.82, 2.24) is 10.2 Å². The Labute approximate surface area is 72.4 Å². The van der Waals surface area contributed by atoms with Gasteiger partial charge in [0.25, 0.3) is 0 Å². The van der Waals surface area contributed by atoms with Gasteiger partial charge in [0.2, 0.25) is 0 Å². The molecule has 0 radical (unpaired) electrons. The Hall–Kier alpha value is -0.830. The minimum atomic E-state index is 0.404. The average molecular weight is 165 g/mol. The van der Waals surface area contributed by atoms with E-state index in [-0.39, 0.29) is 0 Å². The second-order valence-electron chi connectivity index (χ2n) is 3.92. The zero-order valence-electron chi connectivity index (χ0n) is 7.43. The summed E-state index contributed by atoms with van der Waals surface area (Å²) in [5.74, 6) is 0. The van der Waals surface area contributed by atoms with Crippen LogP contribution in [-0.2, 0) is 6.42 Å². The smallest absolute Gasteiger partial charge is 0.0630 e. The van der Waals surface area contributed by atoms with Crippen molar-refractivity contribution in [1.29, 1.82) is 0 Å². The third kappa shape index (κ3) is 1.37. The number of hydrogen-bond acceptors (Lipinski definition) is 2. The van der Waals surface area contributed by atoms with Crippen molar-refractivity contribution >= 4 is 0 Å². The van der Waals surface area contributed by atoms with Gasteiger partial charge in [-0.05, 0) is 44.2 Å². The molecule has 0 amide bonds. The van der Waals surface area contributed by atoms with Crippen LogP contribution in [0.5, 0.6) is 0 Å². The number of H-pyrrole nitrogens is 1. The summed E-state index contributed by atoms with van der Waals surface area (Å²) in [7, 11) is 0. The zero-order valence-corrected chi connectivity index (χ0v) is 7.43. The molecule has 0 atom stereocenters. The van der Waals surface area contributed by atoms with Crippen LogP contribution >= 0.6 is 0 Å². The fourth-order valence-corrected chi connectivity index (χ4v) is 1.58. The molecule has 1 aliphatic rings. The number of aryl methyl sites for hydroxylation is 1. The Morgan fingerprint density at radius 2 is 2.42 bits per heavy atom. The maximum atomic E-state index is 5.69. The molecule has 66 valence electrons. The molecular weight excluding hydrogens is 150 g/mol. The Morgan fingerprint density at radius 1 is 1.67 bits per heavy atom. The largest absolute Gasteiger partial charge is 0.330 e. The minimum absolute atomic E-state index is 0.404. The van der Waals surface area contributed by atoms with Gasteiger partial charge in [-0.2, -0.15) is 5.10 Å². The van der Waals surface area contributed by atoms with E-state index in [1.165, 1.54) is 12.8 Å². The van der Waals surface area contributed by atoms with Crippen molar-refractivity contribution < 1.29 is 0 Å². The second kappa shape index (κ2) is 2.59. The van der Waals surface area contributed by atoms with E-state index < -0.39 is 0 Å². The van der Waals surface area contributed by atoms with E-state index in [4.69, 9.17) is 5.73 Å². The maximum absolute atomic E-state index is 5.69. The molecule has 0 aromatic carbocycles. The lowest BCUT2D eigenvalue weighted by Crippen LogP contribution is -2.18. The normalized spacial score (nSPS) is 19.5. The number of nitrogens with zero attached hydrogens (tertiary/aromatic N) is 1. The first-order chi connectivity index (χ1) is 5.74. The van der Waals surface area contributed by atoms with Gasteiger partial charge in [0.1, 0.15) is 0 Å². The fourth-order valence-electron chi connectivity index (χ4n) is 1.58. The lowest BCUT2D eigenvalue weighted by molar-refractivity contribution is 0.513. The van der Waals surface area contributed by atoms with E-state index in [1.807, 2.05) is 6.92 Å². The Morgan fingerprint density at radius 3 is 2.83 bits per heavy atom. The molecule has 0 spiro atoms. The number of nitrogens with one attached hydrogen (secondary N) is 1. The summed E-state index contributed by atoms with van der Waals surface area (Å²) in [6, 6.07) is 2.11. The molecule has 12 heavy (non-hydrogen) atoms. The molecule has 1 aromatic heterocycles. The van der Waals surface area contributed by atoms with Gasteiger partial charge in [-0.1, -0.05) is 0 Å². The van der Waals surface area contributed by atoms with Crippen LogP contribution in [0.25, 0.3) is 0 Å². The molecule has 2 rings (SSSR count). The van der Waals surface area contributed by atoms with Crippen molar-refractivity contribution in [2.24, 2.45) is 11.1 Å². The fraction of sp³-hybridized carbons (Fsp3) is 0.667. The van der Waals surface area contributed by atoms with E-state index in [0.29, 0.717) is 5.41 Å². The Kier molecular flexibility index (Phi) is 1.68. The SMILES string of the molecule is Cc1cc(CC2(CN)CC2)n[nH]1. The van der Waals surface area contributed by atoms with Crippen LogP contribution in [-0.4, -0.2) is 16.7 Å². The summed E-state index contributed by atoms with van der Waals surface area (Å²) in [6.07, 6.45) is 3.60. The molecule has 1 fully saturated rings. The van der Waals surface area contributed by atoms with Crippen LogP contribution < -0.4 is 5.73 Å². The first kappa shape index (κ1) is 7.80. The highest BCUT2D eigenvalue weighted by Crippen LogP contribution is 2.46. The quantitative estimate of drug-likeness (QED) is 0.702. The van der Waals surface area contributed by atoms with Gasteiger partial charge in [0.15, 0.2) is 0 Å². The van der Waals surface area contributed by atoms with Crippen LogP contribution in [0.1, 0.15) is 24.2 Å². The van der Waals surface area contributed by atoms with Gasteiger partial charge in [-0.3, -0.25) is 5.10 Å². The molecule has 3 N–H and O–H groups in total. The summed E-state index contributed by atoms with van der Waals surface area (Å²) in [6.45, 7) is 2.83. The first-order valence-electron chi connectivity index (χ1n) is 4.45. The summed E-state index contributed by atoms with van der Waals surface area (Å²) < 4.78 is 0. The summed E-state index contributed by atoms with van der Waals surface area (Å²) in [5, 5.41) is 7.16. The first-order valence-corrected chi connectivity index (χ1v) is 4.45. The van der Waals surface area contributed by atoms with Crippen molar-refractivity contribution in [3.8, 4) is 0 Å². The highest BCUT2D eigenvalue weighted by molar-refractivity contribution is 5.12. The molecule has 1 aromatic rings. The lowest BCUT2D eigenvalue weighted by atomic mass is 10.0. The van der Waals surface area contributed by atoms with Crippen LogP contribution in [0.15, 0.2) is 6.07 Å². The lowest BCUT2D eigenvalue weighted by Gasteiger charge is -2.08. The predicted octanol–water partition coefficient (Wildman–Crippen LogP) is 1.000. The summed E-state index contributed by atoms with van der Waals surface area (Å²) in [5.41, 5.74) is 8.39. The molecule has 0 aliphatic heterocycles. The van der Waals surface area contributed by atoms with E-state index in [2.05, 4.69) is 16.3 Å². The second-order valence-corrected chi connectivity index (χ2v) is 3.92. The number of nitrogens with two attached hydrogens (primary N) is 1. The van der Waals surface area contributed by atoms with Crippen LogP contribution in [0, 0.1) is 12.3 Å². The third-order valence-corrected chi connectivity index (χ3v) is 2.71. The number of aromatic amines is 1. The van der Waals surface area contributed by atoms with E-state index in [0.717, 1.165) is 24.4 Å². The van der Waals surface area contributed by atoms with Gasteiger partial charge in [0, 0.05) is 5.69 Å². The van der Waals surface area contributed by atoms with Gasteiger partial charge in [-0.15, -0.1) is 0 Å². The van der Waals surface area contributed by atoms with Crippen molar-refractivity contribution in [2.75, 3.05) is 6.54 Å². The van der Waals surface area contributed by atoms with Gasteiger partial charge >= 0.3 is 0 Å². The maximum Gasteiger partial charge on any atom is 0.0630 e. The highest BCUT2D eigenvalue weighted by atomic mass is 15.1. The van der Waals surface area contributed by atoms with Crippen LogP contribution in [0.2, 0.25) is 0 Å². The van der Waals surface area contributed by atoms with E-state index in [9.17, 15) is 0 Å². The van der Waals surface area contributed by atoms with Crippen molar-refractivity contribution in [3.05, 3.63) is 17.5 Å². The minimum Gasteiger partial charge on any atom is -0.330 e. The number of rotatable bonds is 3. The van der Waals surface area contributed by atoms with Gasteiger partial charge in [-0.25, -0.2) is 0 Å². The molecule has 0 unspecified atom stereocenters. The Balaban J connectivity index is 2.04. The molecule has 3 nitrogen and oxygen atoms in total. The topological polar surface area (TPSA) is 54.7 Å². The summed E-state index contributed by atoms with van der Waals surface area (Å²) in [4.78, 5) is 0. The summed E-state index contributed by atoms with van der Waals surface area (Å²) >= 11 is 0. The number of hydrogen-bond donors (Lipinski definition) is 2. The molecular formula is C9H15N3. The van der Waals surface area contributed by atoms with Gasteiger partial charge in [0.05, 0.1) is 5.69 Å². The Bertz CT molecular complexity index is 273. The average Bonchev–Trinajstić information content (AvgIpc) is 2.71. The van der Waals surface area contributed by atoms with Crippen molar-refractivity contribution in [2.45, 2.75) is 26.2 Å². The molecule has 1 aliphatic carbocycles. The third-order valence-electron chi connectivity index (χ3n) is 2.71. The molecule has 1 saturated carbocycles.